The Morgan fingerprint density at radius 1 is 1.50 bits per heavy atom. The molecule has 1 heterocycles. The van der Waals surface area contributed by atoms with E-state index in [1.54, 1.807) is 18.3 Å². The van der Waals surface area contributed by atoms with Crippen LogP contribution in [0.5, 0.6) is 0 Å². The van der Waals surface area contributed by atoms with E-state index in [1.165, 1.54) is 0 Å². The highest BCUT2D eigenvalue weighted by molar-refractivity contribution is 5.44. The molecule has 0 radical (unpaired) electrons. The van der Waals surface area contributed by atoms with Crippen LogP contribution in [0.3, 0.4) is 0 Å². The second-order valence-electron chi connectivity index (χ2n) is 2.78. The Morgan fingerprint density at radius 2 is 2.29 bits per heavy atom. The first-order valence-corrected chi connectivity index (χ1v) is 4.32. The predicted octanol–water partition coefficient (Wildman–Crippen LogP) is 1.67. The Bertz CT molecular complexity index is 369. The van der Waals surface area contributed by atoms with Gasteiger partial charge in [-0.3, -0.25) is 0 Å². The van der Waals surface area contributed by atoms with E-state index in [0.717, 1.165) is 12.1 Å². The van der Waals surface area contributed by atoms with Gasteiger partial charge in [-0.2, -0.15) is 10.5 Å². The van der Waals surface area contributed by atoms with Gasteiger partial charge in [-0.05, 0) is 18.6 Å². The highest BCUT2D eigenvalue weighted by atomic mass is 14.9. The van der Waals surface area contributed by atoms with Crippen molar-refractivity contribution in [2.45, 2.75) is 19.4 Å². The smallest absolute Gasteiger partial charge is 0.140 e. The monoisotopic (exact) mass is 186 g/mol. The summed E-state index contributed by atoms with van der Waals surface area (Å²) in [6.07, 6.45) is 2.29. The van der Waals surface area contributed by atoms with Gasteiger partial charge in [0.1, 0.15) is 17.8 Å². The van der Waals surface area contributed by atoms with Crippen molar-refractivity contribution >= 4 is 5.69 Å². The average molecular weight is 186 g/mol. The fourth-order valence-electron chi connectivity index (χ4n) is 0.972. The summed E-state index contributed by atoms with van der Waals surface area (Å²) < 4.78 is 0. The lowest BCUT2D eigenvalue weighted by atomic mass is 10.2. The third kappa shape index (κ3) is 2.46. The van der Waals surface area contributed by atoms with Gasteiger partial charge < -0.3 is 5.32 Å². The third-order valence-electron chi connectivity index (χ3n) is 1.78. The van der Waals surface area contributed by atoms with E-state index in [2.05, 4.69) is 16.4 Å². The van der Waals surface area contributed by atoms with Crippen molar-refractivity contribution in [1.82, 2.24) is 4.98 Å². The molecule has 0 saturated carbocycles. The number of hydrogen-bond donors (Lipinski definition) is 1. The van der Waals surface area contributed by atoms with Crippen LogP contribution in [0.15, 0.2) is 18.3 Å². The van der Waals surface area contributed by atoms with Gasteiger partial charge in [0.05, 0.1) is 18.0 Å². The maximum Gasteiger partial charge on any atom is 0.140 e. The molecule has 0 amide bonds. The lowest BCUT2D eigenvalue weighted by Crippen LogP contribution is -2.15. The van der Waals surface area contributed by atoms with Gasteiger partial charge in [0.25, 0.3) is 0 Å². The SMILES string of the molecule is CCC(C#N)Nc1ccc(C#N)nc1. The molecule has 1 aromatic heterocycles. The summed E-state index contributed by atoms with van der Waals surface area (Å²) in [4.78, 5) is 3.89. The zero-order valence-electron chi connectivity index (χ0n) is 7.86. The van der Waals surface area contributed by atoms with Gasteiger partial charge in [-0.15, -0.1) is 0 Å². The minimum Gasteiger partial charge on any atom is -0.369 e. The molecule has 1 atom stereocenters. The zero-order chi connectivity index (χ0) is 10.4. The number of rotatable bonds is 3. The summed E-state index contributed by atoms with van der Waals surface area (Å²) >= 11 is 0. The number of aromatic nitrogens is 1. The van der Waals surface area contributed by atoms with Gasteiger partial charge in [0, 0.05) is 0 Å². The van der Waals surface area contributed by atoms with Crippen LogP contribution in [0.1, 0.15) is 19.0 Å². The summed E-state index contributed by atoms with van der Waals surface area (Å²) in [6, 6.07) is 7.21. The molecule has 4 heteroatoms. The van der Waals surface area contributed by atoms with Crippen molar-refractivity contribution in [3.05, 3.63) is 24.0 Å². The normalized spacial score (nSPS) is 11.1. The Labute approximate surface area is 82.8 Å². The van der Waals surface area contributed by atoms with E-state index in [0.29, 0.717) is 5.69 Å². The molecule has 1 unspecified atom stereocenters. The molecule has 4 nitrogen and oxygen atoms in total. The molecule has 14 heavy (non-hydrogen) atoms. The summed E-state index contributed by atoms with van der Waals surface area (Å²) in [6.45, 7) is 1.93. The van der Waals surface area contributed by atoms with Crippen LogP contribution in [-0.2, 0) is 0 Å². The molecule has 1 rings (SSSR count). The van der Waals surface area contributed by atoms with Crippen molar-refractivity contribution < 1.29 is 0 Å². The number of hydrogen-bond acceptors (Lipinski definition) is 4. The number of pyridine rings is 1. The van der Waals surface area contributed by atoms with Crippen LogP contribution in [0, 0.1) is 22.7 Å². The Balaban J connectivity index is 2.70. The minimum absolute atomic E-state index is 0.204. The van der Waals surface area contributed by atoms with E-state index < -0.39 is 0 Å². The van der Waals surface area contributed by atoms with E-state index >= 15 is 0 Å². The van der Waals surface area contributed by atoms with Gasteiger partial charge >= 0.3 is 0 Å². The molecule has 0 aromatic carbocycles. The van der Waals surface area contributed by atoms with E-state index in [1.807, 2.05) is 13.0 Å². The summed E-state index contributed by atoms with van der Waals surface area (Å²) in [7, 11) is 0. The number of anilines is 1. The molecule has 1 aromatic rings. The lowest BCUT2D eigenvalue weighted by molar-refractivity contribution is 0.844. The molecule has 0 aliphatic carbocycles. The Kier molecular flexibility index (Phi) is 3.46. The quantitative estimate of drug-likeness (QED) is 0.779. The maximum atomic E-state index is 8.70. The largest absolute Gasteiger partial charge is 0.369 e. The molecule has 0 aliphatic heterocycles. The van der Waals surface area contributed by atoms with Gasteiger partial charge in [0.15, 0.2) is 0 Å². The summed E-state index contributed by atoms with van der Waals surface area (Å²) in [5, 5.41) is 20.2. The molecule has 0 aliphatic rings. The number of nitrogens with one attached hydrogen (secondary N) is 1. The standard InChI is InChI=1S/C10H10N4/c1-2-8(5-11)14-10-4-3-9(6-12)13-7-10/h3-4,7-8,14H,2H2,1H3. The maximum absolute atomic E-state index is 8.70. The molecule has 70 valence electrons. The van der Waals surface area contributed by atoms with Crippen LogP contribution in [0.4, 0.5) is 5.69 Å². The highest BCUT2D eigenvalue weighted by Crippen LogP contribution is 2.08. The van der Waals surface area contributed by atoms with Gasteiger partial charge in [0.2, 0.25) is 0 Å². The molecule has 0 saturated heterocycles. The molecular weight excluding hydrogens is 176 g/mol. The zero-order valence-corrected chi connectivity index (χ0v) is 7.86. The van der Waals surface area contributed by atoms with Crippen LogP contribution >= 0.6 is 0 Å². The first kappa shape index (κ1) is 10.0. The van der Waals surface area contributed by atoms with Gasteiger partial charge in [-0.1, -0.05) is 6.92 Å². The molecule has 1 N–H and O–H groups in total. The Hall–Kier alpha value is -2.07. The second-order valence-corrected chi connectivity index (χ2v) is 2.78. The average Bonchev–Trinajstić information content (AvgIpc) is 2.26. The predicted molar refractivity (Wildman–Crippen MR) is 52.3 cm³/mol. The molecular formula is C10H10N4. The fraction of sp³-hybridized carbons (Fsp3) is 0.300. The van der Waals surface area contributed by atoms with Crippen LogP contribution in [0.2, 0.25) is 0 Å². The summed E-state index contributed by atoms with van der Waals surface area (Å²) in [5.74, 6) is 0. The number of nitriles is 2. The van der Waals surface area contributed by atoms with Crippen molar-refractivity contribution in [2.75, 3.05) is 5.32 Å². The Morgan fingerprint density at radius 3 is 2.71 bits per heavy atom. The first-order chi connectivity index (χ1) is 6.80. The lowest BCUT2D eigenvalue weighted by Gasteiger charge is -2.09. The molecule has 0 spiro atoms. The highest BCUT2D eigenvalue weighted by Gasteiger charge is 2.03. The fourth-order valence-corrected chi connectivity index (χ4v) is 0.972. The first-order valence-electron chi connectivity index (χ1n) is 4.32. The van der Waals surface area contributed by atoms with Crippen molar-refractivity contribution in [3.8, 4) is 12.1 Å². The molecule has 0 bridgehead atoms. The summed E-state index contributed by atoms with van der Waals surface area (Å²) in [5.41, 5.74) is 1.14. The minimum atomic E-state index is -0.204. The number of nitrogens with zero attached hydrogens (tertiary/aromatic N) is 3. The second kappa shape index (κ2) is 4.84. The van der Waals surface area contributed by atoms with Crippen LogP contribution in [-0.4, -0.2) is 11.0 Å². The van der Waals surface area contributed by atoms with Crippen molar-refractivity contribution in [1.29, 1.82) is 10.5 Å². The van der Waals surface area contributed by atoms with E-state index in [4.69, 9.17) is 10.5 Å². The molecule has 0 fully saturated rings. The third-order valence-corrected chi connectivity index (χ3v) is 1.78. The topological polar surface area (TPSA) is 72.5 Å². The van der Waals surface area contributed by atoms with Crippen molar-refractivity contribution in [3.63, 3.8) is 0 Å². The van der Waals surface area contributed by atoms with Crippen molar-refractivity contribution in [2.24, 2.45) is 0 Å². The van der Waals surface area contributed by atoms with Gasteiger partial charge in [-0.25, -0.2) is 4.98 Å². The van der Waals surface area contributed by atoms with Crippen LogP contribution < -0.4 is 5.32 Å². The van der Waals surface area contributed by atoms with E-state index in [9.17, 15) is 0 Å². The van der Waals surface area contributed by atoms with Crippen LogP contribution in [0.25, 0.3) is 0 Å². The van der Waals surface area contributed by atoms with E-state index in [-0.39, 0.29) is 6.04 Å².